The first-order chi connectivity index (χ1) is 23.0. The molecule has 0 heterocycles. The van der Waals surface area contributed by atoms with Gasteiger partial charge in [-0.3, -0.25) is 0 Å². The first-order valence-electron chi connectivity index (χ1n) is 15.5. The average Bonchev–Trinajstić information content (AvgIpc) is 3.11. The molecule has 7 nitrogen and oxygen atoms in total. The first kappa shape index (κ1) is 36.3. The van der Waals surface area contributed by atoms with Gasteiger partial charge in [-0.15, -0.1) is 0 Å². The molecule has 1 atom stereocenters. The van der Waals surface area contributed by atoms with Gasteiger partial charge in [0, 0.05) is 78.5 Å². The summed E-state index contributed by atoms with van der Waals surface area (Å²) in [6.45, 7) is 11.9. The standard InChI is InChI=1S/C14H20N2.2C10H10N2.C6H6FN/c1-5-10(4)16-14-9-8-13(15)11(6-2)12(14)7-3;2*11-9-5-6-10(12)8-4-2-1-3-7(8)9;7-5-1-3-6(8)4-2-5/h6-10,16H,2-3,5,15H2,1,4H3;2*1-6H,11-12H2;1-4H,8H2. The molecular formula is C40H46FN7. The van der Waals surface area contributed by atoms with Gasteiger partial charge < -0.3 is 39.7 Å². The van der Waals surface area contributed by atoms with E-state index in [-0.39, 0.29) is 5.82 Å². The predicted octanol–water partition coefficient (Wildman–Crippen LogP) is 9.18. The quantitative estimate of drug-likeness (QED) is 0.0919. The summed E-state index contributed by atoms with van der Waals surface area (Å²) in [5.41, 5.74) is 41.7. The molecule has 0 aliphatic heterocycles. The van der Waals surface area contributed by atoms with Crippen molar-refractivity contribution in [2.24, 2.45) is 0 Å². The molecule has 6 rings (SSSR count). The van der Waals surface area contributed by atoms with Crippen LogP contribution >= 0.6 is 0 Å². The number of fused-ring (bicyclic) bond motifs is 2. The second-order valence-corrected chi connectivity index (χ2v) is 11.0. The highest BCUT2D eigenvalue weighted by Crippen LogP contribution is 2.29. The highest BCUT2D eigenvalue weighted by Gasteiger charge is 2.08. The zero-order valence-electron chi connectivity index (χ0n) is 27.6. The molecule has 0 saturated carbocycles. The van der Waals surface area contributed by atoms with E-state index in [0.29, 0.717) is 11.7 Å². The number of hydrogen-bond acceptors (Lipinski definition) is 7. The van der Waals surface area contributed by atoms with E-state index in [1.165, 1.54) is 24.3 Å². The van der Waals surface area contributed by atoms with E-state index in [4.69, 9.17) is 34.4 Å². The van der Waals surface area contributed by atoms with E-state index in [2.05, 4.69) is 32.3 Å². The summed E-state index contributed by atoms with van der Waals surface area (Å²) in [7, 11) is 0. The van der Waals surface area contributed by atoms with Crippen LogP contribution in [0.2, 0.25) is 0 Å². The van der Waals surface area contributed by atoms with E-state index < -0.39 is 0 Å². The summed E-state index contributed by atoms with van der Waals surface area (Å²) in [5, 5.41) is 7.54. The summed E-state index contributed by atoms with van der Waals surface area (Å²) < 4.78 is 12.0. The number of nitrogens with two attached hydrogens (primary N) is 6. The van der Waals surface area contributed by atoms with Crippen molar-refractivity contribution in [3.05, 3.63) is 139 Å². The Hall–Kier alpha value is -6.15. The van der Waals surface area contributed by atoms with Crippen LogP contribution in [0.3, 0.4) is 0 Å². The summed E-state index contributed by atoms with van der Waals surface area (Å²) in [6, 6.07) is 33.1. The van der Waals surface area contributed by atoms with Crippen molar-refractivity contribution < 1.29 is 4.39 Å². The van der Waals surface area contributed by atoms with Crippen molar-refractivity contribution in [3.8, 4) is 0 Å². The molecule has 0 radical (unpaired) electrons. The molecule has 13 N–H and O–H groups in total. The Morgan fingerprint density at radius 3 is 1.27 bits per heavy atom. The Morgan fingerprint density at radius 2 is 0.938 bits per heavy atom. The van der Waals surface area contributed by atoms with Crippen LogP contribution in [0.25, 0.3) is 33.7 Å². The van der Waals surface area contributed by atoms with Gasteiger partial charge in [-0.1, -0.05) is 80.8 Å². The molecule has 8 heteroatoms. The Bertz CT molecular complexity index is 1780. The average molecular weight is 644 g/mol. The monoisotopic (exact) mass is 643 g/mol. The van der Waals surface area contributed by atoms with Crippen molar-refractivity contribution in [1.82, 2.24) is 0 Å². The minimum atomic E-state index is -0.251. The topological polar surface area (TPSA) is 168 Å². The summed E-state index contributed by atoms with van der Waals surface area (Å²) in [5.74, 6) is -0.251. The molecule has 1 unspecified atom stereocenters. The van der Waals surface area contributed by atoms with Crippen molar-refractivity contribution in [2.45, 2.75) is 26.3 Å². The van der Waals surface area contributed by atoms with Gasteiger partial charge in [-0.25, -0.2) is 4.39 Å². The number of nitrogen functional groups attached to an aromatic ring is 6. The van der Waals surface area contributed by atoms with E-state index in [0.717, 1.165) is 73.2 Å². The highest BCUT2D eigenvalue weighted by molar-refractivity contribution is 6.01. The van der Waals surface area contributed by atoms with Crippen LogP contribution in [0.15, 0.2) is 122 Å². The lowest BCUT2D eigenvalue weighted by atomic mass is 10.0. The molecule has 0 aliphatic rings. The molecular weight excluding hydrogens is 597 g/mol. The Balaban J connectivity index is 0.000000178. The molecule has 0 bridgehead atoms. The number of benzene rings is 6. The van der Waals surface area contributed by atoms with Gasteiger partial charge in [0.2, 0.25) is 0 Å². The van der Waals surface area contributed by atoms with Crippen molar-refractivity contribution in [3.63, 3.8) is 0 Å². The van der Waals surface area contributed by atoms with Gasteiger partial charge >= 0.3 is 0 Å². The van der Waals surface area contributed by atoms with E-state index in [1.54, 1.807) is 6.08 Å². The maximum absolute atomic E-state index is 12.0. The minimum absolute atomic E-state index is 0.251. The van der Waals surface area contributed by atoms with Crippen LogP contribution in [0.1, 0.15) is 31.4 Å². The van der Waals surface area contributed by atoms with Gasteiger partial charge in [0.1, 0.15) is 5.82 Å². The minimum Gasteiger partial charge on any atom is -0.399 e. The van der Waals surface area contributed by atoms with Crippen LogP contribution in [0, 0.1) is 5.82 Å². The lowest BCUT2D eigenvalue weighted by Gasteiger charge is -2.17. The fraction of sp³-hybridized carbons (Fsp3) is 0.100. The molecule has 0 spiro atoms. The Kier molecular flexibility index (Phi) is 13.3. The predicted molar refractivity (Wildman–Crippen MR) is 211 cm³/mol. The molecule has 48 heavy (non-hydrogen) atoms. The molecule has 0 saturated heterocycles. The second kappa shape index (κ2) is 17.5. The van der Waals surface area contributed by atoms with Crippen LogP contribution in [0.4, 0.5) is 44.2 Å². The second-order valence-electron chi connectivity index (χ2n) is 11.0. The summed E-state index contributed by atoms with van der Waals surface area (Å²) in [6.07, 6.45) is 4.66. The first-order valence-corrected chi connectivity index (χ1v) is 15.5. The number of anilines is 7. The lowest BCUT2D eigenvalue weighted by Crippen LogP contribution is -2.14. The van der Waals surface area contributed by atoms with Gasteiger partial charge in [-0.05, 0) is 74.0 Å². The van der Waals surface area contributed by atoms with Gasteiger partial charge in [0.25, 0.3) is 0 Å². The number of halogens is 1. The molecule has 0 fully saturated rings. The molecule has 0 aromatic heterocycles. The fourth-order valence-electron chi connectivity index (χ4n) is 4.75. The molecule has 6 aromatic rings. The third-order valence-corrected chi connectivity index (χ3v) is 7.60. The summed E-state index contributed by atoms with van der Waals surface area (Å²) >= 11 is 0. The number of nitrogens with one attached hydrogen (secondary N) is 1. The third-order valence-electron chi connectivity index (χ3n) is 7.60. The van der Waals surface area contributed by atoms with Crippen LogP contribution in [-0.4, -0.2) is 6.04 Å². The smallest absolute Gasteiger partial charge is 0.123 e. The highest BCUT2D eigenvalue weighted by atomic mass is 19.1. The lowest BCUT2D eigenvalue weighted by molar-refractivity contribution is 0.628. The van der Waals surface area contributed by atoms with Gasteiger partial charge in [-0.2, -0.15) is 0 Å². The van der Waals surface area contributed by atoms with Gasteiger partial charge in [0.15, 0.2) is 0 Å². The largest absolute Gasteiger partial charge is 0.399 e. The van der Waals surface area contributed by atoms with Crippen LogP contribution in [-0.2, 0) is 0 Å². The third kappa shape index (κ3) is 9.67. The molecule has 248 valence electrons. The maximum Gasteiger partial charge on any atom is 0.123 e. The van der Waals surface area contributed by atoms with Crippen molar-refractivity contribution in [2.75, 3.05) is 39.7 Å². The van der Waals surface area contributed by atoms with E-state index in [9.17, 15) is 4.39 Å². The zero-order valence-corrected chi connectivity index (χ0v) is 27.6. The summed E-state index contributed by atoms with van der Waals surface area (Å²) in [4.78, 5) is 0. The molecule has 0 aliphatic carbocycles. The molecule has 6 aromatic carbocycles. The fourth-order valence-corrected chi connectivity index (χ4v) is 4.75. The Morgan fingerprint density at radius 1 is 0.562 bits per heavy atom. The zero-order chi connectivity index (χ0) is 35.2. The van der Waals surface area contributed by atoms with E-state index in [1.807, 2.05) is 91.0 Å². The molecule has 0 amide bonds. The van der Waals surface area contributed by atoms with Gasteiger partial charge in [0.05, 0.1) is 0 Å². The normalized spacial score (nSPS) is 10.6. The SMILES string of the molecule is C=Cc1c(N)ccc(NC(C)CC)c1C=C.Nc1ccc(F)cc1.Nc1ccc(N)c2ccccc12.Nc1ccc(N)c2ccccc12. The number of hydrogen-bond donors (Lipinski definition) is 7. The maximum atomic E-state index is 12.0. The van der Waals surface area contributed by atoms with Crippen LogP contribution in [0.5, 0.6) is 0 Å². The van der Waals surface area contributed by atoms with Crippen molar-refractivity contribution >= 4 is 73.5 Å². The van der Waals surface area contributed by atoms with Crippen molar-refractivity contribution in [1.29, 1.82) is 0 Å². The Labute approximate surface area is 282 Å². The van der Waals surface area contributed by atoms with Crippen LogP contribution < -0.4 is 39.7 Å². The number of rotatable bonds is 5. The van der Waals surface area contributed by atoms with E-state index >= 15 is 0 Å².